The molecule has 4 nitrogen and oxygen atoms in total. The van der Waals surface area contributed by atoms with Crippen molar-refractivity contribution in [2.24, 2.45) is 0 Å². The Balaban J connectivity index is 2.26. The van der Waals surface area contributed by atoms with Crippen molar-refractivity contribution in [3.63, 3.8) is 0 Å². The highest BCUT2D eigenvalue weighted by molar-refractivity contribution is 9.11. The monoisotopic (exact) mass is 398 g/mol. The van der Waals surface area contributed by atoms with E-state index in [-0.39, 0.29) is 6.04 Å². The Hall–Kier alpha value is 0.400. The maximum absolute atomic E-state index is 12.8. The largest absolute Gasteiger partial charge is 0.312 e. The summed E-state index contributed by atoms with van der Waals surface area (Å²) in [5.74, 6) is 1.74. The standard InChI is InChI=1S/C12H19BrN2O2S3/c1-3-14-7-10-6-11(12(13)19-10)20(16,17)15-4-5-18-8-9(15)2/h6,9,14H,3-5,7-8H2,1-2H3. The van der Waals surface area contributed by atoms with Gasteiger partial charge in [0.05, 0.1) is 3.79 Å². The Kier molecular flexibility index (Phi) is 5.96. The zero-order valence-corrected chi connectivity index (χ0v) is 15.6. The lowest BCUT2D eigenvalue weighted by molar-refractivity contribution is 0.367. The average molecular weight is 399 g/mol. The summed E-state index contributed by atoms with van der Waals surface area (Å²) in [7, 11) is -3.39. The summed E-state index contributed by atoms with van der Waals surface area (Å²) in [5.41, 5.74) is 0. The van der Waals surface area contributed by atoms with Crippen LogP contribution in [0.15, 0.2) is 14.7 Å². The molecule has 0 amide bonds. The molecule has 2 rings (SSSR count). The van der Waals surface area contributed by atoms with E-state index in [9.17, 15) is 8.42 Å². The van der Waals surface area contributed by atoms with E-state index in [1.165, 1.54) is 11.3 Å². The fourth-order valence-electron chi connectivity index (χ4n) is 2.10. The molecule has 1 aliphatic rings. The summed E-state index contributed by atoms with van der Waals surface area (Å²) in [6.45, 7) is 6.19. The number of hydrogen-bond donors (Lipinski definition) is 1. The third-order valence-electron chi connectivity index (χ3n) is 3.15. The Labute approximate surface area is 137 Å². The lowest BCUT2D eigenvalue weighted by atomic mass is 10.4. The summed E-state index contributed by atoms with van der Waals surface area (Å²) < 4.78 is 27.9. The molecule has 8 heteroatoms. The van der Waals surface area contributed by atoms with E-state index in [1.807, 2.05) is 25.6 Å². The molecule has 1 unspecified atom stereocenters. The van der Waals surface area contributed by atoms with Gasteiger partial charge in [-0.05, 0) is 35.5 Å². The third kappa shape index (κ3) is 3.59. The number of halogens is 1. The predicted molar refractivity (Wildman–Crippen MR) is 90.1 cm³/mol. The molecule has 0 aliphatic carbocycles. The molecule has 20 heavy (non-hydrogen) atoms. The number of rotatable bonds is 5. The minimum absolute atomic E-state index is 0.0581. The van der Waals surface area contributed by atoms with Crippen molar-refractivity contribution >= 4 is 49.1 Å². The predicted octanol–water partition coefficient (Wildman–Crippen LogP) is 2.75. The van der Waals surface area contributed by atoms with Crippen LogP contribution in [0.4, 0.5) is 0 Å². The summed E-state index contributed by atoms with van der Waals surface area (Å²) in [6, 6.07) is 1.85. The molecule has 0 saturated carbocycles. The number of sulfonamides is 1. The first-order chi connectivity index (χ1) is 9.46. The van der Waals surface area contributed by atoms with E-state index in [2.05, 4.69) is 21.2 Å². The van der Waals surface area contributed by atoms with Gasteiger partial charge in [0.25, 0.3) is 0 Å². The van der Waals surface area contributed by atoms with Gasteiger partial charge in [-0.3, -0.25) is 0 Å². The van der Waals surface area contributed by atoms with Crippen LogP contribution >= 0.6 is 39.0 Å². The average Bonchev–Trinajstić information content (AvgIpc) is 2.78. The van der Waals surface area contributed by atoms with Crippen molar-refractivity contribution in [2.75, 3.05) is 24.6 Å². The quantitative estimate of drug-likeness (QED) is 0.827. The molecule has 0 radical (unpaired) electrons. The summed E-state index contributed by atoms with van der Waals surface area (Å²) >= 11 is 6.71. The maximum Gasteiger partial charge on any atom is 0.245 e. The van der Waals surface area contributed by atoms with Crippen molar-refractivity contribution in [2.45, 2.75) is 31.3 Å². The van der Waals surface area contributed by atoms with E-state index >= 15 is 0 Å². The van der Waals surface area contributed by atoms with E-state index < -0.39 is 10.0 Å². The molecule has 0 spiro atoms. The summed E-state index contributed by atoms with van der Waals surface area (Å²) in [4.78, 5) is 1.45. The van der Waals surface area contributed by atoms with E-state index in [0.717, 1.165) is 22.9 Å². The van der Waals surface area contributed by atoms with Crippen LogP contribution in [0.3, 0.4) is 0 Å². The first-order valence-electron chi connectivity index (χ1n) is 6.55. The molecule has 2 heterocycles. The minimum atomic E-state index is -3.39. The second kappa shape index (κ2) is 7.11. The zero-order chi connectivity index (χ0) is 14.8. The number of thioether (sulfide) groups is 1. The first-order valence-corrected chi connectivity index (χ1v) is 10.8. The molecule has 1 saturated heterocycles. The Bertz CT molecular complexity index is 559. The summed E-state index contributed by atoms with van der Waals surface area (Å²) in [5, 5.41) is 3.22. The third-order valence-corrected chi connectivity index (χ3v) is 8.60. The van der Waals surface area contributed by atoms with Crippen LogP contribution in [0.5, 0.6) is 0 Å². The van der Waals surface area contributed by atoms with E-state index in [1.54, 1.807) is 10.4 Å². The second-order valence-electron chi connectivity index (χ2n) is 4.67. The Morgan fingerprint density at radius 2 is 2.30 bits per heavy atom. The molecule has 1 aromatic rings. The molecule has 1 aromatic heterocycles. The van der Waals surface area contributed by atoms with Crippen molar-refractivity contribution in [1.29, 1.82) is 0 Å². The van der Waals surface area contributed by atoms with Crippen LogP contribution in [0.2, 0.25) is 0 Å². The van der Waals surface area contributed by atoms with Crippen LogP contribution < -0.4 is 5.32 Å². The van der Waals surface area contributed by atoms with Gasteiger partial charge in [-0.1, -0.05) is 6.92 Å². The molecule has 0 bridgehead atoms. The molecule has 1 aliphatic heterocycles. The van der Waals surface area contributed by atoms with Gasteiger partial charge < -0.3 is 5.32 Å². The highest BCUT2D eigenvalue weighted by atomic mass is 79.9. The van der Waals surface area contributed by atoms with Gasteiger partial charge >= 0.3 is 0 Å². The number of thiophene rings is 1. The highest BCUT2D eigenvalue weighted by Gasteiger charge is 2.33. The zero-order valence-electron chi connectivity index (χ0n) is 11.6. The number of hydrogen-bond acceptors (Lipinski definition) is 5. The van der Waals surface area contributed by atoms with E-state index in [0.29, 0.717) is 21.8 Å². The van der Waals surface area contributed by atoms with Crippen molar-refractivity contribution in [3.8, 4) is 0 Å². The van der Waals surface area contributed by atoms with Crippen molar-refractivity contribution < 1.29 is 8.42 Å². The molecule has 1 atom stereocenters. The molecule has 0 aromatic carbocycles. The molecule has 1 fully saturated rings. The lowest BCUT2D eigenvalue weighted by Gasteiger charge is -2.31. The van der Waals surface area contributed by atoms with Gasteiger partial charge in [0.15, 0.2) is 0 Å². The van der Waals surface area contributed by atoms with Gasteiger partial charge in [0.1, 0.15) is 4.90 Å². The minimum Gasteiger partial charge on any atom is -0.312 e. The topological polar surface area (TPSA) is 49.4 Å². The Morgan fingerprint density at radius 3 is 2.95 bits per heavy atom. The fraction of sp³-hybridized carbons (Fsp3) is 0.667. The van der Waals surface area contributed by atoms with Gasteiger partial charge in [-0.2, -0.15) is 16.1 Å². The van der Waals surface area contributed by atoms with Gasteiger partial charge in [-0.25, -0.2) is 8.42 Å². The Morgan fingerprint density at radius 1 is 1.55 bits per heavy atom. The summed E-state index contributed by atoms with van der Waals surface area (Å²) in [6.07, 6.45) is 0. The molecular formula is C12H19BrN2O2S3. The maximum atomic E-state index is 12.8. The van der Waals surface area contributed by atoms with E-state index in [4.69, 9.17) is 0 Å². The van der Waals surface area contributed by atoms with Gasteiger partial charge in [-0.15, -0.1) is 11.3 Å². The molecular weight excluding hydrogens is 380 g/mol. The fourth-order valence-corrected chi connectivity index (χ4v) is 7.56. The van der Waals surface area contributed by atoms with Crippen LogP contribution in [0, 0.1) is 0 Å². The van der Waals surface area contributed by atoms with Crippen molar-refractivity contribution in [1.82, 2.24) is 9.62 Å². The van der Waals surface area contributed by atoms with Crippen LogP contribution in [0.1, 0.15) is 18.7 Å². The normalized spacial score (nSPS) is 21.2. The van der Waals surface area contributed by atoms with Crippen molar-refractivity contribution in [3.05, 3.63) is 14.7 Å². The highest BCUT2D eigenvalue weighted by Crippen LogP contribution is 2.35. The smallest absolute Gasteiger partial charge is 0.245 e. The SMILES string of the molecule is CCNCc1cc(S(=O)(=O)N2CCSCC2C)c(Br)s1. The van der Waals surface area contributed by atoms with Crippen LogP contribution in [-0.4, -0.2) is 43.4 Å². The van der Waals surface area contributed by atoms with Crippen LogP contribution in [-0.2, 0) is 16.6 Å². The number of nitrogens with one attached hydrogen (secondary N) is 1. The second-order valence-corrected chi connectivity index (χ2v) is 10.1. The van der Waals surface area contributed by atoms with Gasteiger partial charge in [0.2, 0.25) is 10.0 Å². The number of nitrogens with zero attached hydrogens (tertiary/aromatic N) is 1. The molecule has 1 N–H and O–H groups in total. The molecule has 114 valence electrons. The first kappa shape index (κ1) is 16.8. The van der Waals surface area contributed by atoms with Gasteiger partial charge in [0, 0.05) is 35.5 Å². The lowest BCUT2D eigenvalue weighted by Crippen LogP contribution is -2.44. The van der Waals surface area contributed by atoms with Crippen LogP contribution in [0.25, 0.3) is 0 Å².